The molecule has 0 atom stereocenters. The third-order valence-corrected chi connectivity index (χ3v) is 5.99. The summed E-state index contributed by atoms with van der Waals surface area (Å²) in [4.78, 5) is 16.8. The maximum atomic E-state index is 12.3. The van der Waals surface area contributed by atoms with Crippen LogP contribution >= 0.6 is 27.3 Å². The molecule has 5 heteroatoms. The van der Waals surface area contributed by atoms with E-state index in [1.807, 2.05) is 6.07 Å². The van der Waals surface area contributed by atoms with Crippen molar-refractivity contribution < 1.29 is 4.79 Å². The van der Waals surface area contributed by atoms with Gasteiger partial charge in [-0.05, 0) is 47.8 Å². The number of carbonyl (C=O) groups is 1. The Morgan fingerprint density at radius 1 is 1.45 bits per heavy atom. The van der Waals surface area contributed by atoms with E-state index in [1.54, 1.807) is 11.3 Å². The highest BCUT2D eigenvalue weighted by atomic mass is 79.9. The second-order valence-corrected chi connectivity index (χ2v) is 7.30. The van der Waals surface area contributed by atoms with E-state index in [0.29, 0.717) is 6.04 Å². The molecule has 1 amide bonds. The SMILES string of the molecule is CCCc1sc(C(=O)NC2CCN(CC)CC2)cc1Br. The molecule has 20 heavy (non-hydrogen) atoms. The first-order valence-corrected chi connectivity index (χ1v) is 9.06. The quantitative estimate of drug-likeness (QED) is 0.870. The zero-order valence-electron chi connectivity index (χ0n) is 12.2. The molecule has 0 aliphatic carbocycles. The zero-order chi connectivity index (χ0) is 14.5. The molecule has 1 aromatic heterocycles. The minimum atomic E-state index is 0.0907. The Hall–Kier alpha value is -0.390. The molecular formula is C15H23BrN2OS. The lowest BCUT2D eigenvalue weighted by molar-refractivity contribution is 0.0917. The Labute approximate surface area is 133 Å². The van der Waals surface area contributed by atoms with Crippen LogP contribution in [0.3, 0.4) is 0 Å². The highest BCUT2D eigenvalue weighted by Crippen LogP contribution is 2.28. The van der Waals surface area contributed by atoms with Crippen LogP contribution in [0.1, 0.15) is 47.7 Å². The fourth-order valence-electron chi connectivity index (χ4n) is 2.57. The van der Waals surface area contributed by atoms with Crippen molar-refractivity contribution >= 4 is 33.2 Å². The monoisotopic (exact) mass is 358 g/mol. The molecule has 0 aromatic carbocycles. The summed E-state index contributed by atoms with van der Waals surface area (Å²) in [5.41, 5.74) is 0. The lowest BCUT2D eigenvalue weighted by atomic mass is 10.1. The molecule has 0 radical (unpaired) electrons. The average molecular weight is 359 g/mol. The van der Waals surface area contributed by atoms with E-state index in [9.17, 15) is 4.79 Å². The molecule has 0 bridgehead atoms. The van der Waals surface area contributed by atoms with Gasteiger partial charge in [-0.3, -0.25) is 4.79 Å². The molecule has 1 N–H and O–H groups in total. The molecule has 1 aliphatic heterocycles. The molecule has 1 aromatic rings. The van der Waals surface area contributed by atoms with Gasteiger partial charge in [0.15, 0.2) is 0 Å². The topological polar surface area (TPSA) is 32.3 Å². The zero-order valence-corrected chi connectivity index (χ0v) is 14.6. The van der Waals surface area contributed by atoms with Gasteiger partial charge in [0, 0.05) is 28.5 Å². The summed E-state index contributed by atoms with van der Waals surface area (Å²) in [7, 11) is 0. The molecule has 1 aliphatic rings. The van der Waals surface area contributed by atoms with Gasteiger partial charge in [0.25, 0.3) is 5.91 Å². The molecule has 2 rings (SSSR count). The van der Waals surface area contributed by atoms with Gasteiger partial charge in [-0.1, -0.05) is 20.3 Å². The molecule has 112 valence electrons. The van der Waals surface area contributed by atoms with Crippen LogP contribution in [0.5, 0.6) is 0 Å². The van der Waals surface area contributed by atoms with Crippen LogP contribution < -0.4 is 5.32 Å². The molecule has 1 fully saturated rings. The summed E-state index contributed by atoms with van der Waals surface area (Å²) < 4.78 is 1.08. The Morgan fingerprint density at radius 2 is 2.15 bits per heavy atom. The molecule has 1 saturated heterocycles. The minimum absolute atomic E-state index is 0.0907. The molecule has 0 saturated carbocycles. The lowest BCUT2D eigenvalue weighted by Crippen LogP contribution is -2.44. The fraction of sp³-hybridized carbons (Fsp3) is 0.667. The van der Waals surface area contributed by atoms with Gasteiger partial charge in [0.1, 0.15) is 0 Å². The lowest BCUT2D eigenvalue weighted by Gasteiger charge is -2.31. The van der Waals surface area contributed by atoms with Crippen LogP contribution in [0, 0.1) is 0 Å². The van der Waals surface area contributed by atoms with Crippen molar-refractivity contribution in [3.05, 3.63) is 20.3 Å². The smallest absolute Gasteiger partial charge is 0.261 e. The van der Waals surface area contributed by atoms with Crippen LogP contribution in [-0.2, 0) is 6.42 Å². The van der Waals surface area contributed by atoms with Crippen molar-refractivity contribution in [3.8, 4) is 0 Å². The number of hydrogen-bond acceptors (Lipinski definition) is 3. The summed E-state index contributed by atoms with van der Waals surface area (Å²) in [6.45, 7) is 7.65. The van der Waals surface area contributed by atoms with E-state index < -0.39 is 0 Å². The van der Waals surface area contributed by atoms with Gasteiger partial charge in [-0.25, -0.2) is 0 Å². The summed E-state index contributed by atoms with van der Waals surface area (Å²) >= 11 is 5.17. The third kappa shape index (κ3) is 4.06. The number of carbonyl (C=O) groups excluding carboxylic acids is 1. The molecule has 2 heterocycles. The average Bonchev–Trinajstić information content (AvgIpc) is 2.82. The maximum Gasteiger partial charge on any atom is 0.261 e. The second kappa shape index (κ2) is 7.57. The van der Waals surface area contributed by atoms with Gasteiger partial charge in [-0.2, -0.15) is 0 Å². The Bertz CT molecular complexity index is 453. The number of likely N-dealkylation sites (tertiary alicyclic amines) is 1. The molecule has 3 nitrogen and oxygen atoms in total. The van der Waals surface area contributed by atoms with Gasteiger partial charge < -0.3 is 10.2 Å². The normalized spacial score (nSPS) is 17.4. The van der Waals surface area contributed by atoms with Gasteiger partial charge >= 0.3 is 0 Å². The van der Waals surface area contributed by atoms with Crippen LogP contribution in [-0.4, -0.2) is 36.5 Å². The van der Waals surface area contributed by atoms with Crippen LogP contribution in [0.15, 0.2) is 10.5 Å². The largest absolute Gasteiger partial charge is 0.349 e. The Kier molecular flexibility index (Phi) is 6.05. The third-order valence-electron chi connectivity index (χ3n) is 3.83. The first-order chi connectivity index (χ1) is 9.63. The van der Waals surface area contributed by atoms with Crippen LogP contribution in [0.25, 0.3) is 0 Å². The van der Waals surface area contributed by atoms with E-state index in [-0.39, 0.29) is 5.91 Å². The Morgan fingerprint density at radius 3 is 2.75 bits per heavy atom. The first-order valence-electron chi connectivity index (χ1n) is 7.45. The summed E-state index contributed by atoms with van der Waals surface area (Å²) in [5, 5.41) is 3.19. The predicted octanol–water partition coefficient (Wildman–Crippen LogP) is 3.68. The number of aryl methyl sites for hydroxylation is 1. The van der Waals surface area contributed by atoms with Crippen molar-refractivity contribution in [1.29, 1.82) is 0 Å². The van der Waals surface area contributed by atoms with E-state index >= 15 is 0 Å². The molecular weight excluding hydrogens is 336 g/mol. The van der Waals surface area contributed by atoms with E-state index in [4.69, 9.17) is 0 Å². The summed E-state index contributed by atoms with van der Waals surface area (Å²) in [6.07, 6.45) is 4.27. The standard InChI is InChI=1S/C15H23BrN2OS/c1-3-5-13-12(16)10-14(20-13)15(19)17-11-6-8-18(4-2)9-7-11/h10-11H,3-9H2,1-2H3,(H,17,19). The van der Waals surface area contributed by atoms with Crippen molar-refractivity contribution in [2.45, 2.75) is 45.6 Å². The summed E-state index contributed by atoms with van der Waals surface area (Å²) in [5.74, 6) is 0.0907. The van der Waals surface area contributed by atoms with Crippen molar-refractivity contribution in [1.82, 2.24) is 10.2 Å². The number of nitrogens with one attached hydrogen (secondary N) is 1. The number of halogens is 1. The van der Waals surface area contributed by atoms with E-state index in [1.165, 1.54) is 4.88 Å². The Balaban J connectivity index is 1.90. The number of piperidine rings is 1. The van der Waals surface area contributed by atoms with E-state index in [0.717, 1.165) is 54.7 Å². The van der Waals surface area contributed by atoms with Gasteiger partial charge in [0.2, 0.25) is 0 Å². The highest BCUT2D eigenvalue weighted by molar-refractivity contribution is 9.10. The number of hydrogen-bond donors (Lipinski definition) is 1. The highest BCUT2D eigenvalue weighted by Gasteiger charge is 2.21. The number of amides is 1. The van der Waals surface area contributed by atoms with E-state index in [2.05, 4.69) is 40.0 Å². The number of thiophene rings is 1. The summed E-state index contributed by atoms with van der Waals surface area (Å²) in [6, 6.07) is 2.30. The van der Waals surface area contributed by atoms with Gasteiger partial charge in [0.05, 0.1) is 4.88 Å². The number of rotatable bonds is 5. The maximum absolute atomic E-state index is 12.3. The number of nitrogens with zero attached hydrogens (tertiary/aromatic N) is 1. The van der Waals surface area contributed by atoms with Crippen molar-refractivity contribution in [2.75, 3.05) is 19.6 Å². The van der Waals surface area contributed by atoms with Crippen LogP contribution in [0.2, 0.25) is 0 Å². The molecule has 0 spiro atoms. The van der Waals surface area contributed by atoms with Crippen LogP contribution in [0.4, 0.5) is 0 Å². The van der Waals surface area contributed by atoms with Crippen molar-refractivity contribution in [2.24, 2.45) is 0 Å². The second-order valence-electron chi connectivity index (χ2n) is 5.31. The fourth-order valence-corrected chi connectivity index (χ4v) is 4.44. The van der Waals surface area contributed by atoms with Crippen molar-refractivity contribution in [3.63, 3.8) is 0 Å². The van der Waals surface area contributed by atoms with Gasteiger partial charge in [-0.15, -0.1) is 11.3 Å². The minimum Gasteiger partial charge on any atom is -0.349 e. The molecule has 0 unspecified atom stereocenters. The predicted molar refractivity (Wildman–Crippen MR) is 88.6 cm³/mol. The first kappa shape index (κ1) is 16.0.